The van der Waals surface area contributed by atoms with E-state index < -0.39 is 0 Å². The topological polar surface area (TPSA) is 31.6 Å². The van der Waals surface area contributed by atoms with Gasteiger partial charge in [-0.25, -0.2) is 0 Å². The summed E-state index contributed by atoms with van der Waals surface area (Å²) in [5.41, 5.74) is 2.42. The number of rotatable bonds is 2. The minimum absolute atomic E-state index is 0.632. The van der Waals surface area contributed by atoms with E-state index in [-0.39, 0.29) is 0 Å². The van der Waals surface area contributed by atoms with Gasteiger partial charge in [-0.05, 0) is 35.0 Å². The summed E-state index contributed by atoms with van der Waals surface area (Å²) in [5, 5.41) is 5.10. The number of benzene rings is 2. The predicted octanol–water partition coefficient (Wildman–Crippen LogP) is 2.30. The summed E-state index contributed by atoms with van der Waals surface area (Å²) >= 11 is 0. The molecule has 0 amide bonds. The molecule has 2 nitrogen and oxygen atoms in total. The molecule has 0 bridgehead atoms. The highest BCUT2D eigenvalue weighted by molar-refractivity contribution is 6.66. The van der Waals surface area contributed by atoms with Crippen molar-refractivity contribution in [1.29, 1.82) is 0 Å². The fraction of sp³-hybridized carbons (Fsp3) is 0. The van der Waals surface area contributed by atoms with Crippen LogP contribution < -0.4 is 10.6 Å². The molecule has 3 heteroatoms. The van der Waals surface area contributed by atoms with E-state index in [0.717, 1.165) is 0 Å². The van der Waals surface area contributed by atoms with Crippen molar-refractivity contribution in [2.24, 2.45) is 0 Å². The highest BCUT2D eigenvalue weighted by Gasteiger charge is 2.05. The summed E-state index contributed by atoms with van der Waals surface area (Å²) < 4.78 is 0. The standard InChI is InChI=1S/C16H12N2Si/c1-3-7-13-11(5-1)9-15(17-13)19-16-10-12-6-2-4-8-14(12)18-16/h1-10,17-18H. The first-order valence-electron chi connectivity index (χ1n) is 6.31. The first-order valence-corrected chi connectivity index (χ1v) is 7.31. The van der Waals surface area contributed by atoms with E-state index in [4.69, 9.17) is 0 Å². The molecule has 19 heavy (non-hydrogen) atoms. The van der Waals surface area contributed by atoms with Crippen LogP contribution in [0.1, 0.15) is 0 Å². The van der Waals surface area contributed by atoms with Gasteiger partial charge in [0.15, 0.2) is 9.52 Å². The molecule has 0 unspecified atom stereocenters. The number of hydrogen-bond acceptors (Lipinski definition) is 0. The minimum Gasteiger partial charge on any atom is -0.362 e. The van der Waals surface area contributed by atoms with Gasteiger partial charge >= 0.3 is 0 Å². The van der Waals surface area contributed by atoms with Crippen LogP contribution in [0.15, 0.2) is 60.7 Å². The Balaban J connectivity index is 1.73. The van der Waals surface area contributed by atoms with Gasteiger partial charge in [0.25, 0.3) is 0 Å². The van der Waals surface area contributed by atoms with Gasteiger partial charge in [0.1, 0.15) is 0 Å². The van der Waals surface area contributed by atoms with Crippen molar-refractivity contribution in [3.63, 3.8) is 0 Å². The van der Waals surface area contributed by atoms with Crippen LogP contribution >= 0.6 is 0 Å². The van der Waals surface area contributed by atoms with E-state index in [1.165, 1.54) is 32.4 Å². The molecular weight excluding hydrogens is 248 g/mol. The maximum atomic E-state index is 3.48. The monoisotopic (exact) mass is 260 g/mol. The van der Waals surface area contributed by atoms with Crippen molar-refractivity contribution in [3.8, 4) is 0 Å². The zero-order chi connectivity index (χ0) is 12.7. The Labute approximate surface area is 113 Å². The number of fused-ring (bicyclic) bond motifs is 2. The molecule has 0 spiro atoms. The summed E-state index contributed by atoms with van der Waals surface area (Å²) in [7, 11) is 0.632. The lowest BCUT2D eigenvalue weighted by atomic mass is 10.3. The lowest BCUT2D eigenvalue weighted by Gasteiger charge is -1.91. The quantitative estimate of drug-likeness (QED) is 0.518. The molecule has 2 aromatic carbocycles. The molecule has 0 atom stereocenters. The summed E-state index contributed by atoms with van der Waals surface area (Å²) in [6, 6.07) is 21.3. The van der Waals surface area contributed by atoms with Gasteiger partial charge in [-0.15, -0.1) is 0 Å². The number of hydrogen-bond donors (Lipinski definition) is 2. The lowest BCUT2D eigenvalue weighted by molar-refractivity contribution is 1.51. The second-order valence-electron chi connectivity index (χ2n) is 4.67. The number of nitrogens with one attached hydrogen (secondary N) is 2. The molecule has 90 valence electrons. The molecule has 2 aromatic heterocycles. The normalized spacial score (nSPS) is 11.4. The highest BCUT2D eigenvalue weighted by atomic mass is 28.2. The Morgan fingerprint density at radius 2 is 1.11 bits per heavy atom. The van der Waals surface area contributed by atoms with Crippen LogP contribution in [0.25, 0.3) is 21.8 Å². The molecule has 0 saturated carbocycles. The summed E-state index contributed by atoms with van der Waals surface area (Å²) in [4.78, 5) is 6.96. The smallest absolute Gasteiger partial charge is 0.167 e. The van der Waals surface area contributed by atoms with Crippen LogP contribution in [-0.4, -0.2) is 19.5 Å². The second-order valence-corrected chi connectivity index (χ2v) is 5.99. The third-order valence-corrected chi connectivity index (χ3v) is 4.41. The summed E-state index contributed by atoms with van der Waals surface area (Å²) in [5.74, 6) is 0. The van der Waals surface area contributed by atoms with Crippen LogP contribution in [-0.2, 0) is 0 Å². The number of H-pyrrole nitrogens is 2. The van der Waals surface area contributed by atoms with Gasteiger partial charge in [0.2, 0.25) is 0 Å². The Kier molecular flexibility index (Phi) is 2.32. The summed E-state index contributed by atoms with van der Waals surface area (Å²) in [6.07, 6.45) is 0. The van der Waals surface area contributed by atoms with Crippen molar-refractivity contribution in [2.45, 2.75) is 0 Å². The van der Waals surface area contributed by atoms with Gasteiger partial charge in [0.05, 0.1) is 0 Å². The third kappa shape index (κ3) is 1.88. The summed E-state index contributed by atoms with van der Waals surface area (Å²) in [6.45, 7) is 0. The first kappa shape index (κ1) is 10.6. The van der Waals surface area contributed by atoms with Crippen molar-refractivity contribution < 1.29 is 0 Å². The first-order chi connectivity index (χ1) is 9.38. The van der Waals surface area contributed by atoms with Gasteiger partial charge in [-0.2, -0.15) is 0 Å². The number of para-hydroxylation sites is 2. The van der Waals surface area contributed by atoms with Crippen LogP contribution in [0, 0.1) is 0 Å². The van der Waals surface area contributed by atoms with Gasteiger partial charge in [0, 0.05) is 21.7 Å². The van der Waals surface area contributed by atoms with Gasteiger partial charge in [-0.3, -0.25) is 0 Å². The molecule has 0 aliphatic rings. The maximum absolute atomic E-state index is 3.48. The van der Waals surface area contributed by atoms with E-state index >= 15 is 0 Å². The predicted molar refractivity (Wildman–Crippen MR) is 81.6 cm³/mol. The second kappa shape index (κ2) is 4.14. The average molecular weight is 260 g/mol. The van der Waals surface area contributed by atoms with E-state index in [9.17, 15) is 0 Å². The zero-order valence-electron chi connectivity index (χ0n) is 10.3. The Hall–Kier alpha value is -2.26. The average Bonchev–Trinajstić information content (AvgIpc) is 3.00. The van der Waals surface area contributed by atoms with Gasteiger partial charge in [-0.1, -0.05) is 36.4 Å². The molecule has 4 aromatic rings. The Bertz CT molecular complexity index is 719. The van der Waals surface area contributed by atoms with E-state index in [2.05, 4.69) is 70.6 Å². The molecule has 0 aliphatic carbocycles. The van der Waals surface area contributed by atoms with Crippen LogP contribution in [0.4, 0.5) is 0 Å². The number of aromatic nitrogens is 2. The lowest BCUT2D eigenvalue weighted by Crippen LogP contribution is -2.28. The maximum Gasteiger partial charge on any atom is 0.167 e. The van der Waals surface area contributed by atoms with Crippen molar-refractivity contribution in [2.75, 3.05) is 0 Å². The Morgan fingerprint density at radius 3 is 1.58 bits per heavy atom. The fourth-order valence-corrected chi connectivity index (χ4v) is 3.57. The van der Waals surface area contributed by atoms with Gasteiger partial charge < -0.3 is 9.97 Å². The van der Waals surface area contributed by atoms with Crippen molar-refractivity contribution >= 4 is 42.0 Å². The van der Waals surface area contributed by atoms with Crippen LogP contribution in [0.2, 0.25) is 0 Å². The van der Waals surface area contributed by atoms with Crippen LogP contribution in [0.3, 0.4) is 0 Å². The van der Waals surface area contributed by atoms with E-state index in [0.29, 0.717) is 9.52 Å². The van der Waals surface area contributed by atoms with Crippen LogP contribution in [0.5, 0.6) is 0 Å². The number of aromatic amines is 2. The largest absolute Gasteiger partial charge is 0.362 e. The van der Waals surface area contributed by atoms with E-state index in [1.807, 2.05) is 0 Å². The molecular formula is C16H12N2Si. The minimum atomic E-state index is 0.632. The highest BCUT2D eigenvalue weighted by Crippen LogP contribution is 2.10. The molecule has 0 saturated heterocycles. The third-order valence-electron chi connectivity index (χ3n) is 3.33. The molecule has 2 heterocycles. The molecule has 0 fully saturated rings. The molecule has 0 aliphatic heterocycles. The molecule has 2 N–H and O–H groups in total. The van der Waals surface area contributed by atoms with Crippen molar-refractivity contribution in [1.82, 2.24) is 9.97 Å². The Morgan fingerprint density at radius 1 is 0.632 bits per heavy atom. The van der Waals surface area contributed by atoms with Crippen molar-refractivity contribution in [3.05, 3.63) is 60.7 Å². The fourth-order valence-electron chi connectivity index (χ4n) is 2.43. The molecule has 4 rings (SSSR count). The SMILES string of the molecule is c1ccc2[nH]c([Si]c3cc4ccccc4[nH]3)cc2c1. The zero-order valence-corrected chi connectivity index (χ0v) is 11.3. The van der Waals surface area contributed by atoms with E-state index in [1.54, 1.807) is 0 Å². The molecule has 2 radical (unpaired) electrons.